The first-order valence-corrected chi connectivity index (χ1v) is 3.64. The van der Waals surface area contributed by atoms with Gasteiger partial charge in [-0.2, -0.15) is 0 Å². The highest BCUT2D eigenvalue weighted by molar-refractivity contribution is 6.71. The number of benzene rings is 1. The van der Waals surface area contributed by atoms with Gasteiger partial charge in [-0.05, 0) is 23.1 Å². The average molecular weight is 181 g/mol. The van der Waals surface area contributed by atoms with Gasteiger partial charge in [0.15, 0.2) is 0 Å². The molecule has 13 heavy (non-hydrogen) atoms. The summed E-state index contributed by atoms with van der Waals surface area (Å²) in [6.45, 7) is 0. The Morgan fingerprint density at radius 2 is 1.46 bits per heavy atom. The van der Waals surface area contributed by atoms with E-state index in [0.717, 1.165) is 0 Å². The molecule has 0 heterocycles. The van der Waals surface area contributed by atoms with E-state index in [9.17, 15) is 0 Å². The molecule has 1 aromatic carbocycles. The molecule has 0 bridgehead atoms. The lowest BCUT2D eigenvalue weighted by molar-refractivity contribution is 0.419. The van der Waals surface area contributed by atoms with E-state index in [0.29, 0.717) is 5.69 Å². The molecule has 5 nitrogen and oxygen atoms in total. The third-order valence-corrected chi connectivity index (χ3v) is 1.67. The van der Waals surface area contributed by atoms with Gasteiger partial charge in [-0.25, -0.2) is 0 Å². The van der Waals surface area contributed by atoms with Crippen LogP contribution in [0.5, 0.6) is 0 Å². The van der Waals surface area contributed by atoms with Crippen LogP contribution in [0.2, 0.25) is 0 Å². The highest BCUT2D eigenvalue weighted by Gasteiger charge is 2.22. The second-order valence-electron chi connectivity index (χ2n) is 2.64. The average Bonchev–Trinajstić information content (AvgIpc) is 2.03. The smallest absolute Gasteiger partial charge is 0.423 e. The fourth-order valence-corrected chi connectivity index (χ4v) is 1.05. The summed E-state index contributed by atoms with van der Waals surface area (Å²) in [4.78, 5) is 0. The van der Waals surface area contributed by atoms with Gasteiger partial charge in [0.1, 0.15) is 0 Å². The molecule has 0 spiro atoms. The van der Waals surface area contributed by atoms with Gasteiger partial charge in [-0.3, -0.25) is 0 Å². The monoisotopic (exact) mass is 181 g/mol. The second kappa shape index (κ2) is 3.80. The second-order valence-corrected chi connectivity index (χ2v) is 2.64. The molecule has 0 aliphatic carbocycles. The van der Waals surface area contributed by atoms with E-state index in [1.165, 1.54) is 18.2 Å². The van der Waals surface area contributed by atoms with Crippen LogP contribution in [0.15, 0.2) is 18.2 Å². The minimum atomic E-state index is -1.76. The zero-order valence-corrected chi connectivity index (χ0v) is 6.75. The SMILES string of the molecule is Nc1ccc(B(O)O)c(B(O)O)c1. The minimum Gasteiger partial charge on any atom is -0.423 e. The van der Waals surface area contributed by atoms with E-state index in [4.69, 9.17) is 25.8 Å². The highest BCUT2D eigenvalue weighted by Crippen LogP contribution is 1.96. The van der Waals surface area contributed by atoms with Gasteiger partial charge in [0.25, 0.3) is 0 Å². The number of hydrogen-bond donors (Lipinski definition) is 5. The Labute approximate surface area is 75.7 Å². The first-order valence-electron chi connectivity index (χ1n) is 3.64. The van der Waals surface area contributed by atoms with Crippen LogP contribution in [0.25, 0.3) is 0 Å². The van der Waals surface area contributed by atoms with Crippen molar-refractivity contribution in [3.8, 4) is 0 Å². The Morgan fingerprint density at radius 1 is 0.923 bits per heavy atom. The van der Waals surface area contributed by atoms with Gasteiger partial charge in [-0.15, -0.1) is 0 Å². The van der Waals surface area contributed by atoms with Crippen LogP contribution < -0.4 is 16.7 Å². The van der Waals surface area contributed by atoms with Gasteiger partial charge >= 0.3 is 14.2 Å². The maximum absolute atomic E-state index is 8.86. The summed E-state index contributed by atoms with van der Waals surface area (Å²) in [5.74, 6) is 0. The predicted molar refractivity (Wildman–Crippen MR) is 50.5 cm³/mol. The summed E-state index contributed by atoms with van der Waals surface area (Å²) in [5.41, 5.74) is 5.73. The standard InChI is InChI=1S/C6H9B2NO4/c9-4-1-2-5(7(10)11)6(3-4)8(12)13/h1-3,10-13H,9H2. The number of nitrogen functional groups attached to an aromatic ring is 1. The zero-order chi connectivity index (χ0) is 10.0. The number of rotatable bonds is 2. The molecule has 0 aromatic heterocycles. The molecule has 0 amide bonds. The quantitative estimate of drug-likeness (QED) is 0.241. The van der Waals surface area contributed by atoms with Crippen molar-refractivity contribution in [2.75, 3.05) is 5.73 Å². The van der Waals surface area contributed by atoms with Crippen LogP contribution in [-0.4, -0.2) is 34.3 Å². The summed E-state index contributed by atoms with van der Waals surface area (Å²) in [5, 5.41) is 35.4. The Balaban J connectivity index is 3.19. The number of hydrogen-bond acceptors (Lipinski definition) is 5. The van der Waals surface area contributed by atoms with Crippen LogP contribution in [-0.2, 0) is 0 Å². The maximum Gasteiger partial charge on any atom is 0.488 e. The van der Waals surface area contributed by atoms with Crippen molar-refractivity contribution in [2.24, 2.45) is 0 Å². The van der Waals surface area contributed by atoms with E-state index in [-0.39, 0.29) is 10.9 Å². The molecule has 0 aliphatic heterocycles. The third-order valence-electron chi connectivity index (χ3n) is 1.67. The fourth-order valence-electron chi connectivity index (χ4n) is 1.05. The van der Waals surface area contributed by atoms with Crippen molar-refractivity contribution in [2.45, 2.75) is 0 Å². The highest BCUT2D eigenvalue weighted by atomic mass is 16.4. The van der Waals surface area contributed by atoms with Gasteiger partial charge in [0.05, 0.1) is 0 Å². The molecule has 0 fully saturated rings. The van der Waals surface area contributed by atoms with Crippen molar-refractivity contribution in [3.05, 3.63) is 18.2 Å². The summed E-state index contributed by atoms with van der Waals surface area (Å²) < 4.78 is 0. The Kier molecular flexibility index (Phi) is 2.94. The summed E-state index contributed by atoms with van der Waals surface area (Å²) >= 11 is 0. The predicted octanol–water partition coefficient (Wildman–Crippen LogP) is -3.37. The molecular formula is C6H9B2NO4. The number of anilines is 1. The number of nitrogens with two attached hydrogens (primary N) is 1. The third kappa shape index (κ3) is 2.22. The largest absolute Gasteiger partial charge is 0.488 e. The topological polar surface area (TPSA) is 107 Å². The van der Waals surface area contributed by atoms with Crippen molar-refractivity contribution >= 4 is 30.8 Å². The lowest BCUT2D eigenvalue weighted by atomic mass is 9.66. The van der Waals surface area contributed by atoms with Gasteiger partial charge < -0.3 is 25.8 Å². The van der Waals surface area contributed by atoms with Crippen LogP contribution in [0.3, 0.4) is 0 Å². The molecule has 68 valence electrons. The van der Waals surface area contributed by atoms with E-state index < -0.39 is 14.2 Å². The summed E-state index contributed by atoms with van der Waals surface area (Å²) in [6, 6.07) is 4.05. The molecule has 1 rings (SSSR count). The van der Waals surface area contributed by atoms with Gasteiger partial charge in [-0.1, -0.05) is 6.07 Å². The maximum atomic E-state index is 8.86. The van der Waals surface area contributed by atoms with E-state index >= 15 is 0 Å². The van der Waals surface area contributed by atoms with Crippen molar-refractivity contribution in [3.63, 3.8) is 0 Å². The molecule has 0 aliphatic rings. The van der Waals surface area contributed by atoms with Crippen molar-refractivity contribution in [1.82, 2.24) is 0 Å². The molecule has 0 atom stereocenters. The molecule has 0 saturated carbocycles. The molecule has 6 N–H and O–H groups in total. The molecule has 0 saturated heterocycles. The summed E-state index contributed by atoms with van der Waals surface area (Å²) in [6.07, 6.45) is 0. The van der Waals surface area contributed by atoms with E-state index in [2.05, 4.69) is 0 Å². The Hall–Kier alpha value is -1.01. The van der Waals surface area contributed by atoms with Crippen molar-refractivity contribution in [1.29, 1.82) is 0 Å². The van der Waals surface area contributed by atoms with Crippen LogP contribution in [0.1, 0.15) is 0 Å². The first-order chi connectivity index (χ1) is 6.02. The van der Waals surface area contributed by atoms with Gasteiger partial charge in [0, 0.05) is 5.69 Å². The fraction of sp³-hybridized carbons (Fsp3) is 0. The molecule has 0 unspecified atom stereocenters. The lowest BCUT2D eigenvalue weighted by Crippen LogP contribution is -2.49. The van der Waals surface area contributed by atoms with Crippen LogP contribution in [0.4, 0.5) is 5.69 Å². The molecule has 7 heteroatoms. The van der Waals surface area contributed by atoms with Crippen LogP contribution in [0, 0.1) is 0 Å². The molecule has 0 radical (unpaired) electrons. The van der Waals surface area contributed by atoms with E-state index in [1.807, 2.05) is 0 Å². The van der Waals surface area contributed by atoms with E-state index in [1.54, 1.807) is 0 Å². The van der Waals surface area contributed by atoms with Crippen LogP contribution >= 0.6 is 0 Å². The van der Waals surface area contributed by atoms with Crippen molar-refractivity contribution < 1.29 is 20.1 Å². The first kappa shape index (κ1) is 10.1. The Morgan fingerprint density at radius 3 is 1.92 bits per heavy atom. The Bertz CT molecular complexity index is 305. The zero-order valence-electron chi connectivity index (χ0n) is 6.75. The lowest BCUT2D eigenvalue weighted by Gasteiger charge is -2.08. The summed E-state index contributed by atoms with van der Waals surface area (Å²) in [7, 11) is -3.50. The van der Waals surface area contributed by atoms with Gasteiger partial charge in [0.2, 0.25) is 0 Å². The normalized spacial score (nSPS) is 9.85. The minimum absolute atomic E-state index is 0.00463. The molecular weight excluding hydrogens is 172 g/mol. The molecule has 1 aromatic rings.